The van der Waals surface area contributed by atoms with Crippen LogP contribution in [-0.4, -0.2) is 40.8 Å². The number of carbonyl (C=O) groups excluding carboxylic acids is 1. The summed E-state index contributed by atoms with van der Waals surface area (Å²) in [4.78, 5) is 14.7. The van der Waals surface area contributed by atoms with Gasteiger partial charge in [-0.2, -0.15) is 5.10 Å². The van der Waals surface area contributed by atoms with Gasteiger partial charge in [0.25, 0.3) is 5.91 Å². The molecule has 0 bridgehead atoms. The Kier molecular flexibility index (Phi) is 6.04. The van der Waals surface area contributed by atoms with Gasteiger partial charge in [0.1, 0.15) is 18.2 Å². The van der Waals surface area contributed by atoms with Crippen molar-refractivity contribution >= 4 is 17.5 Å². The van der Waals surface area contributed by atoms with E-state index >= 15 is 0 Å². The minimum Gasteiger partial charge on any atom is -0.492 e. The molecule has 0 fully saturated rings. The summed E-state index contributed by atoms with van der Waals surface area (Å²) in [7, 11) is 1.75. The van der Waals surface area contributed by atoms with Crippen LogP contribution >= 0.6 is 11.6 Å². The van der Waals surface area contributed by atoms with E-state index in [1.807, 2.05) is 0 Å². The van der Waals surface area contributed by atoms with Crippen molar-refractivity contribution in [3.05, 3.63) is 76.3 Å². The van der Waals surface area contributed by atoms with E-state index < -0.39 is 0 Å². The predicted octanol–water partition coefficient (Wildman–Crippen LogP) is 4.69. The van der Waals surface area contributed by atoms with Gasteiger partial charge in [-0.1, -0.05) is 11.6 Å². The Morgan fingerprint density at radius 2 is 1.83 bits per heavy atom. The molecule has 1 aromatic heterocycles. The lowest BCUT2D eigenvalue weighted by Gasteiger charge is -2.18. The fourth-order valence-electron chi connectivity index (χ4n) is 3.68. The molecule has 1 amide bonds. The number of aromatic nitrogens is 2. The normalized spacial score (nSPS) is 13.0. The zero-order valence-electron chi connectivity index (χ0n) is 16.8. The molecule has 0 aliphatic heterocycles. The zero-order valence-corrected chi connectivity index (χ0v) is 17.5. The first-order valence-corrected chi connectivity index (χ1v) is 10.4. The molecule has 156 valence electrons. The van der Waals surface area contributed by atoms with Gasteiger partial charge in [-0.25, -0.2) is 9.07 Å². The van der Waals surface area contributed by atoms with Gasteiger partial charge in [0.15, 0.2) is 5.69 Å². The van der Waals surface area contributed by atoms with Crippen LogP contribution in [0.25, 0.3) is 5.69 Å². The summed E-state index contributed by atoms with van der Waals surface area (Å²) in [5.41, 5.74) is 3.29. The highest BCUT2D eigenvalue weighted by molar-refractivity contribution is 6.30. The number of ether oxygens (including phenoxy) is 1. The van der Waals surface area contributed by atoms with Crippen molar-refractivity contribution < 1.29 is 13.9 Å². The molecule has 0 spiro atoms. The number of hydrogen-bond donors (Lipinski definition) is 0. The van der Waals surface area contributed by atoms with E-state index in [1.54, 1.807) is 53.0 Å². The molecule has 0 radical (unpaired) electrons. The molecule has 4 rings (SSSR count). The summed E-state index contributed by atoms with van der Waals surface area (Å²) < 4.78 is 20.8. The van der Waals surface area contributed by atoms with Crippen molar-refractivity contribution in [2.45, 2.75) is 25.7 Å². The molecule has 1 heterocycles. The van der Waals surface area contributed by atoms with Crippen LogP contribution in [-0.2, 0) is 12.8 Å². The van der Waals surface area contributed by atoms with Crippen molar-refractivity contribution in [1.29, 1.82) is 0 Å². The number of hydrogen-bond acceptors (Lipinski definition) is 3. The Morgan fingerprint density at radius 1 is 1.13 bits per heavy atom. The maximum absolute atomic E-state index is 13.3. The number of halogens is 2. The Balaban J connectivity index is 1.50. The largest absolute Gasteiger partial charge is 0.492 e. The predicted molar refractivity (Wildman–Crippen MR) is 114 cm³/mol. The van der Waals surface area contributed by atoms with E-state index in [0.29, 0.717) is 29.6 Å². The number of nitrogens with zero attached hydrogens (tertiary/aromatic N) is 3. The van der Waals surface area contributed by atoms with Crippen molar-refractivity contribution in [3.63, 3.8) is 0 Å². The summed E-state index contributed by atoms with van der Waals surface area (Å²) in [5.74, 6) is 0.281. The van der Waals surface area contributed by atoms with Crippen LogP contribution in [0.2, 0.25) is 5.02 Å². The second-order valence-electron chi connectivity index (χ2n) is 7.40. The first-order valence-electron chi connectivity index (χ1n) is 10.0. The van der Waals surface area contributed by atoms with Crippen LogP contribution in [0.5, 0.6) is 5.75 Å². The van der Waals surface area contributed by atoms with Gasteiger partial charge in [-0.05, 0) is 74.2 Å². The third-order valence-electron chi connectivity index (χ3n) is 5.31. The van der Waals surface area contributed by atoms with Crippen molar-refractivity contribution in [2.24, 2.45) is 0 Å². The number of likely N-dealkylation sites (N-methyl/N-ethyl adjacent to an activating group) is 1. The molecule has 30 heavy (non-hydrogen) atoms. The van der Waals surface area contributed by atoms with Gasteiger partial charge in [0.05, 0.1) is 12.2 Å². The molecular formula is C23H23ClFN3O2. The average molecular weight is 428 g/mol. The molecule has 0 atom stereocenters. The van der Waals surface area contributed by atoms with E-state index in [1.165, 1.54) is 12.1 Å². The first-order chi connectivity index (χ1) is 14.5. The lowest BCUT2D eigenvalue weighted by molar-refractivity contribution is 0.0766. The smallest absolute Gasteiger partial charge is 0.274 e. The quantitative estimate of drug-likeness (QED) is 0.573. The highest BCUT2D eigenvalue weighted by Crippen LogP contribution is 2.27. The van der Waals surface area contributed by atoms with E-state index in [0.717, 1.165) is 42.6 Å². The lowest BCUT2D eigenvalue weighted by atomic mass is 9.95. The first kappa shape index (κ1) is 20.4. The van der Waals surface area contributed by atoms with Crippen LogP contribution < -0.4 is 4.74 Å². The molecule has 0 saturated carbocycles. The summed E-state index contributed by atoms with van der Waals surface area (Å²) in [6.45, 7) is 0.796. The Hall–Kier alpha value is -2.86. The van der Waals surface area contributed by atoms with Gasteiger partial charge in [-0.15, -0.1) is 0 Å². The fourth-order valence-corrected chi connectivity index (χ4v) is 3.81. The number of rotatable bonds is 6. The highest BCUT2D eigenvalue weighted by Gasteiger charge is 2.27. The maximum atomic E-state index is 13.3. The van der Waals surface area contributed by atoms with E-state index in [9.17, 15) is 9.18 Å². The minimum atomic E-state index is -0.295. The van der Waals surface area contributed by atoms with Crippen LogP contribution in [0.4, 0.5) is 4.39 Å². The van der Waals surface area contributed by atoms with Gasteiger partial charge < -0.3 is 9.64 Å². The fraction of sp³-hybridized carbons (Fsp3) is 0.304. The summed E-state index contributed by atoms with van der Waals surface area (Å²) in [6, 6.07) is 13.3. The van der Waals surface area contributed by atoms with Gasteiger partial charge in [-0.3, -0.25) is 4.79 Å². The summed E-state index contributed by atoms with van der Waals surface area (Å²) in [5, 5.41) is 5.29. The zero-order chi connectivity index (χ0) is 21.1. The molecule has 1 aliphatic carbocycles. The van der Waals surface area contributed by atoms with E-state index in [4.69, 9.17) is 16.3 Å². The van der Waals surface area contributed by atoms with Gasteiger partial charge >= 0.3 is 0 Å². The van der Waals surface area contributed by atoms with Crippen molar-refractivity contribution in [2.75, 3.05) is 20.2 Å². The number of benzene rings is 2. The number of amides is 1. The molecule has 2 aromatic carbocycles. The minimum absolute atomic E-state index is 0.131. The monoisotopic (exact) mass is 427 g/mol. The second kappa shape index (κ2) is 8.88. The SMILES string of the molecule is CN(CCOc1ccc(Cl)cc1)C(=O)c1nn(-c2ccc(F)cc2)c2c1CCCC2. The Morgan fingerprint density at radius 3 is 2.57 bits per heavy atom. The molecule has 0 saturated heterocycles. The maximum Gasteiger partial charge on any atom is 0.274 e. The van der Waals surface area contributed by atoms with Crippen LogP contribution in [0, 0.1) is 5.82 Å². The third-order valence-corrected chi connectivity index (χ3v) is 5.56. The van der Waals surface area contributed by atoms with E-state index in [2.05, 4.69) is 5.10 Å². The Bertz CT molecular complexity index is 1030. The number of fused-ring (bicyclic) bond motifs is 1. The standard InChI is InChI=1S/C23H23ClFN3O2/c1-27(14-15-30-19-12-6-16(24)7-13-19)23(29)22-20-4-2-3-5-21(20)28(26-22)18-10-8-17(25)9-11-18/h6-13H,2-5,14-15H2,1H3. The molecule has 1 aliphatic rings. The van der Waals surface area contributed by atoms with Gasteiger partial charge in [0.2, 0.25) is 0 Å². The molecule has 3 aromatic rings. The summed E-state index contributed by atoms with van der Waals surface area (Å²) >= 11 is 5.88. The topological polar surface area (TPSA) is 47.4 Å². The number of carbonyl (C=O) groups is 1. The molecule has 7 heteroatoms. The van der Waals surface area contributed by atoms with Crippen molar-refractivity contribution in [1.82, 2.24) is 14.7 Å². The average Bonchev–Trinajstić information content (AvgIpc) is 3.15. The highest BCUT2D eigenvalue weighted by atomic mass is 35.5. The lowest BCUT2D eigenvalue weighted by Crippen LogP contribution is -2.32. The molecular weight excluding hydrogens is 405 g/mol. The molecule has 5 nitrogen and oxygen atoms in total. The Labute approximate surface area is 180 Å². The van der Waals surface area contributed by atoms with Gasteiger partial charge in [0, 0.05) is 23.3 Å². The van der Waals surface area contributed by atoms with E-state index in [-0.39, 0.29) is 11.7 Å². The second-order valence-corrected chi connectivity index (χ2v) is 7.83. The summed E-state index contributed by atoms with van der Waals surface area (Å²) in [6.07, 6.45) is 3.77. The van der Waals surface area contributed by atoms with Crippen molar-refractivity contribution in [3.8, 4) is 11.4 Å². The van der Waals surface area contributed by atoms with Crippen LogP contribution in [0.3, 0.4) is 0 Å². The van der Waals surface area contributed by atoms with Crippen LogP contribution in [0.1, 0.15) is 34.6 Å². The third kappa shape index (κ3) is 4.33. The molecule has 0 N–H and O–H groups in total. The van der Waals surface area contributed by atoms with Crippen LogP contribution in [0.15, 0.2) is 48.5 Å². The molecule has 0 unspecified atom stereocenters.